The summed E-state index contributed by atoms with van der Waals surface area (Å²) in [5.74, 6) is -0.674. The minimum atomic E-state index is -4.97. The normalized spacial score (nSPS) is 20.5. The van der Waals surface area contributed by atoms with Crippen molar-refractivity contribution in [2.24, 2.45) is 0 Å². The van der Waals surface area contributed by atoms with E-state index in [1.54, 1.807) is 30.3 Å². The third kappa shape index (κ3) is 7.86. The van der Waals surface area contributed by atoms with E-state index in [1.807, 2.05) is 4.90 Å². The van der Waals surface area contributed by atoms with Gasteiger partial charge in [0.25, 0.3) is 0 Å². The van der Waals surface area contributed by atoms with Crippen LogP contribution in [0.5, 0.6) is 0 Å². The van der Waals surface area contributed by atoms with Crippen LogP contribution in [0.3, 0.4) is 0 Å². The van der Waals surface area contributed by atoms with E-state index in [4.69, 9.17) is 4.74 Å². The lowest BCUT2D eigenvalue weighted by atomic mass is 9.95. The van der Waals surface area contributed by atoms with E-state index in [0.717, 1.165) is 25.9 Å². The molecule has 0 aromatic heterocycles. The van der Waals surface area contributed by atoms with Crippen LogP contribution < -0.4 is 5.32 Å². The van der Waals surface area contributed by atoms with Gasteiger partial charge in [-0.05, 0) is 55.3 Å². The number of amides is 2. The number of nitrogens with zero attached hydrogens (tertiary/aromatic N) is 2. The molecule has 2 atom stereocenters. The van der Waals surface area contributed by atoms with E-state index in [9.17, 15) is 35.9 Å². The van der Waals surface area contributed by atoms with Crippen LogP contribution in [0.25, 0.3) is 0 Å². The number of carbonyl (C=O) groups excluding carboxylic acids is 2. The number of nitrogens with one attached hydrogen (secondary N) is 1. The van der Waals surface area contributed by atoms with E-state index in [-0.39, 0.29) is 49.6 Å². The van der Waals surface area contributed by atoms with Gasteiger partial charge in [-0.3, -0.25) is 14.5 Å². The number of hydrogen-bond acceptors (Lipinski definition) is 4. The molecule has 214 valence electrons. The summed E-state index contributed by atoms with van der Waals surface area (Å²) in [5, 5.41) is 2.77. The molecule has 1 N–H and O–H groups in total. The van der Waals surface area contributed by atoms with Crippen LogP contribution in [-0.4, -0.2) is 60.4 Å². The first-order chi connectivity index (χ1) is 17.9. The van der Waals surface area contributed by atoms with Gasteiger partial charge < -0.3 is 15.0 Å². The Bertz CT molecular complexity index is 1110. The maximum absolute atomic E-state index is 13.2. The van der Waals surface area contributed by atoms with Gasteiger partial charge in [0.05, 0.1) is 43.0 Å². The molecule has 13 heteroatoms. The predicted molar refractivity (Wildman–Crippen MR) is 132 cm³/mol. The van der Waals surface area contributed by atoms with Gasteiger partial charge >= 0.3 is 12.4 Å². The van der Waals surface area contributed by atoms with Crippen LogP contribution in [0.4, 0.5) is 26.3 Å². The van der Waals surface area contributed by atoms with Crippen molar-refractivity contribution >= 4 is 24.2 Å². The molecule has 39 heavy (non-hydrogen) atoms. The van der Waals surface area contributed by atoms with Gasteiger partial charge in [0.2, 0.25) is 11.8 Å². The number of ether oxygens (including phenoxy) is 1. The fourth-order valence-electron chi connectivity index (χ4n) is 4.87. The number of carbonyl (C=O) groups is 2. The maximum Gasteiger partial charge on any atom is 0.416 e. The lowest BCUT2D eigenvalue weighted by molar-refractivity contribution is -0.145. The van der Waals surface area contributed by atoms with Gasteiger partial charge in [-0.15, -0.1) is 12.4 Å². The van der Waals surface area contributed by atoms with Crippen LogP contribution in [0.1, 0.15) is 41.1 Å². The Kier molecular flexibility index (Phi) is 9.89. The Labute approximate surface area is 227 Å². The molecule has 2 aromatic rings. The smallest absolute Gasteiger partial charge is 0.375 e. The first kappa shape index (κ1) is 30.7. The summed E-state index contributed by atoms with van der Waals surface area (Å²) in [5.41, 5.74) is -2.46. The Morgan fingerprint density at radius 2 is 1.54 bits per heavy atom. The van der Waals surface area contributed by atoms with Gasteiger partial charge in [0, 0.05) is 0 Å². The Morgan fingerprint density at radius 1 is 0.949 bits per heavy atom. The molecule has 2 fully saturated rings. The highest BCUT2D eigenvalue weighted by Gasteiger charge is 2.40. The lowest BCUT2D eigenvalue weighted by Crippen LogP contribution is -2.60. The van der Waals surface area contributed by atoms with Crippen molar-refractivity contribution in [3.63, 3.8) is 0 Å². The molecule has 0 aliphatic carbocycles. The van der Waals surface area contributed by atoms with E-state index < -0.39 is 48.1 Å². The topological polar surface area (TPSA) is 61.9 Å². The minimum Gasteiger partial charge on any atom is -0.375 e. The lowest BCUT2D eigenvalue weighted by Gasteiger charge is -2.42. The molecule has 2 saturated heterocycles. The predicted octanol–water partition coefficient (Wildman–Crippen LogP) is 4.83. The number of halogens is 7. The van der Waals surface area contributed by atoms with Crippen LogP contribution in [0.2, 0.25) is 0 Å². The van der Waals surface area contributed by atoms with Crippen molar-refractivity contribution in [2.45, 2.75) is 43.9 Å². The quantitative estimate of drug-likeness (QED) is 0.478. The third-order valence-electron chi connectivity index (χ3n) is 6.61. The second-order valence-electron chi connectivity index (χ2n) is 9.46. The van der Waals surface area contributed by atoms with Crippen molar-refractivity contribution in [3.8, 4) is 0 Å². The molecule has 0 unspecified atom stereocenters. The summed E-state index contributed by atoms with van der Waals surface area (Å²) >= 11 is 0. The molecule has 2 amide bonds. The Hall–Kier alpha value is -2.83. The number of alkyl halides is 6. The monoisotopic (exact) mass is 579 g/mol. The van der Waals surface area contributed by atoms with Crippen LogP contribution in [0.15, 0.2) is 48.5 Å². The van der Waals surface area contributed by atoms with E-state index in [2.05, 4.69) is 5.32 Å². The molecule has 0 bridgehead atoms. The Morgan fingerprint density at radius 3 is 2.10 bits per heavy atom. The summed E-state index contributed by atoms with van der Waals surface area (Å²) in [6.45, 7) is 0.745. The molecule has 0 radical (unpaired) electrons. The molecule has 0 saturated carbocycles. The van der Waals surface area contributed by atoms with Crippen LogP contribution >= 0.6 is 12.4 Å². The van der Waals surface area contributed by atoms with Crippen molar-refractivity contribution in [1.29, 1.82) is 0 Å². The van der Waals surface area contributed by atoms with Gasteiger partial charge in [-0.2, -0.15) is 26.3 Å². The zero-order valence-corrected chi connectivity index (χ0v) is 21.5. The number of benzene rings is 2. The first-order valence-corrected chi connectivity index (χ1v) is 12.1. The summed E-state index contributed by atoms with van der Waals surface area (Å²) < 4.78 is 84.8. The molecule has 2 aliphatic rings. The minimum absolute atomic E-state index is 0. The van der Waals surface area contributed by atoms with E-state index in [0.29, 0.717) is 17.7 Å². The maximum atomic E-state index is 13.2. The zero-order valence-electron chi connectivity index (χ0n) is 20.7. The molecule has 0 spiro atoms. The molecular weight excluding hydrogens is 552 g/mol. The molecule has 2 aliphatic heterocycles. The molecule has 2 aromatic carbocycles. The van der Waals surface area contributed by atoms with Crippen LogP contribution in [0, 0.1) is 0 Å². The largest absolute Gasteiger partial charge is 0.416 e. The SMILES string of the molecule is Cl.O=C1CN(C(=O)CN2CCCC2)[C@@H](c2ccccc2)[C@@H](COCc2cc(C(F)(F)F)cc(C(F)(F)F)c2)N1. The second kappa shape index (κ2) is 12.6. The molecular formula is C26H28ClF6N3O3. The highest BCUT2D eigenvalue weighted by molar-refractivity contribution is 5.87. The summed E-state index contributed by atoms with van der Waals surface area (Å²) in [6, 6.07) is 8.78. The van der Waals surface area contributed by atoms with E-state index in [1.165, 1.54) is 4.90 Å². The fourth-order valence-corrected chi connectivity index (χ4v) is 4.87. The van der Waals surface area contributed by atoms with E-state index >= 15 is 0 Å². The summed E-state index contributed by atoms with van der Waals surface area (Å²) in [7, 11) is 0. The average Bonchev–Trinajstić information content (AvgIpc) is 3.36. The summed E-state index contributed by atoms with van der Waals surface area (Å²) in [4.78, 5) is 29.2. The second-order valence-corrected chi connectivity index (χ2v) is 9.46. The number of rotatable bonds is 7. The highest BCUT2D eigenvalue weighted by Crippen LogP contribution is 2.36. The van der Waals surface area contributed by atoms with Gasteiger partial charge in [0.15, 0.2) is 0 Å². The Balaban J connectivity index is 0.00000420. The number of piperazine rings is 1. The standard InChI is InChI=1S/C26H27F6N3O3.ClH/c27-25(28,29)19-10-17(11-20(12-19)26(30,31)32)15-38-16-21-24(18-6-2-1-3-7-18)35(13-22(36)33-21)23(37)14-34-8-4-5-9-34;/h1-3,6-7,10-12,21,24H,4-5,8-9,13-16H2,(H,33,36);1H/t21-,24+;/m1./s1. The highest BCUT2D eigenvalue weighted by atomic mass is 35.5. The van der Waals surface area contributed by atoms with Gasteiger partial charge in [-0.1, -0.05) is 30.3 Å². The fraction of sp³-hybridized carbons (Fsp3) is 0.462. The van der Waals surface area contributed by atoms with Crippen molar-refractivity contribution in [3.05, 3.63) is 70.8 Å². The third-order valence-corrected chi connectivity index (χ3v) is 6.61. The molecule has 6 nitrogen and oxygen atoms in total. The van der Waals surface area contributed by atoms with Gasteiger partial charge in [-0.25, -0.2) is 0 Å². The van der Waals surface area contributed by atoms with Crippen LogP contribution in [-0.2, 0) is 33.3 Å². The summed E-state index contributed by atoms with van der Waals surface area (Å²) in [6.07, 6.45) is -7.97. The zero-order chi connectivity index (χ0) is 27.5. The molecule has 2 heterocycles. The number of hydrogen-bond donors (Lipinski definition) is 1. The first-order valence-electron chi connectivity index (χ1n) is 12.1. The van der Waals surface area contributed by atoms with Crippen molar-refractivity contribution in [2.75, 3.05) is 32.8 Å². The average molecular weight is 580 g/mol. The van der Waals surface area contributed by atoms with Gasteiger partial charge in [0.1, 0.15) is 6.54 Å². The van der Waals surface area contributed by atoms with Crippen molar-refractivity contribution < 1.29 is 40.7 Å². The molecule has 4 rings (SSSR count). The van der Waals surface area contributed by atoms with Crippen molar-refractivity contribution in [1.82, 2.24) is 15.1 Å². The number of likely N-dealkylation sites (tertiary alicyclic amines) is 1.